The third-order valence-corrected chi connectivity index (χ3v) is 5.42. The minimum atomic E-state index is -4.76. The van der Waals surface area contributed by atoms with Gasteiger partial charge in [0.25, 0.3) is 5.91 Å². The molecule has 1 saturated heterocycles. The van der Waals surface area contributed by atoms with Crippen LogP contribution in [0.2, 0.25) is 0 Å². The van der Waals surface area contributed by atoms with E-state index in [4.69, 9.17) is 0 Å². The van der Waals surface area contributed by atoms with E-state index in [1.54, 1.807) is 28.7 Å². The van der Waals surface area contributed by atoms with Crippen molar-refractivity contribution in [2.24, 2.45) is 0 Å². The van der Waals surface area contributed by atoms with Crippen molar-refractivity contribution in [1.29, 1.82) is 0 Å². The smallest absolute Gasteiger partial charge is 0.406 e. The van der Waals surface area contributed by atoms with Crippen LogP contribution in [0, 0.1) is 0 Å². The minimum absolute atomic E-state index is 0.116. The lowest BCUT2D eigenvalue weighted by Gasteiger charge is -2.31. The topological polar surface area (TPSA) is 72.3 Å². The molecule has 4 rings (SSSR count). The third-order valence-electron chi connectivity index (χ3n) is 4.52. The first-order valence-corrected chi connectivity index (χ1v) is 10.1. The highest BCUT2D eigenvalue weighted by Crippen LogP contribution is 2.27. The minimum Gasteiger partial charge on any atom is -0.406 e. The molecule has 1 aliphatic heterocycles. The Balaban J connectivity index is 1.51. The first-order valence-electron chi connectivity index (χ1n) is 9.18. The number of aromatic nitrogens is 3. The van der Waals surface area contributed by atoms with Gasteiger partial charge in [-0.05, 0) is 19.1 Å². The second-order valence-electron chi connectivity index (χ2n) is 6.86. The van der Waals surface area contributed by atoms with E-state index in [1.165, 1.54) is 34.2 Å². The van der Waals surface area contributed by atoms with Crippen molar-refractivity contribution >= 4 is 17.2 Å². The fourth-order valence-electron chi connectivity index (χ4n) is 3.18. The van der Waals surface area contributed by atoms with E-state index in [-0.39, 0.29) is 17.7 Å². The summed E-state index contributed by atoms with van der Waals surface area (Å²) in [5, 5.41) is 9.80. The Kier molecular flexibility index (Phi) is 5.48. The summed E-state index contributed by atoms with van der Waals surface area (Å²) in [7, 11) is 0. The molecule has 1 aliphatic rings. The van der Waals surface area contributed by atoms with Gasteiger partial charge in [-0.15, -0.1) is 24.5 Å². The Morgan fingerprint density at radius 2 is 2.20 bits per heavy atom. The molecule has 1 atom stereocenters. The fraction of sp³-hybridized carbons (Fsp3) is 0.316. The number of nitrogens with one attached hydrogen (secondary N) is 1. The Morgan fingerprint density at radius 3 is 2.97 bits per heavy atom. The number of nitrogens with zero attached hydrogens (tertiary/aromatic N) is 4. The first kappa shape index (κ1) is 20.4. The highest BCUT2D eigenvalue weighted by Gasteiger charge is 2.31. The molecule has 3 aromatic rings. The van der Waals surface area contributed by atoms with Gasteiger partial charge in [0, 0.05) is 48.9 Å². The van der Waals surface area contributed by atoms with Gasteiger partial charge in [0.15, 0.2) is 0 Å². The normalized spacial score (nSPS) is 17.2. The number of carbonyl (C=O) groups excluding carboxylic acids is 1. The number of alkyl halides is 3. The standard InChI is InChI=1S/C19H18F3N5O2S/c1-12-9-26(6-5-23-12)18(28)16-11-30-17(25-16)13-8-24-27(10-13)14-3-2-4-15(7-14)29-19(20,21)22/h2-4,7-8,10-12,23H,5-6,9H2,1H3/t12-/m0/s1. The number of benzene rings is 1. The van der Waals surface area contributed by atoms with Crippen molar-refractivity contribution < 1.29 is 22.7 Å². The molecule has 2 aromatic heterocycles. The number of hydrogen-bond donors (Lipinski definition) is 1. The molecule has 1 N–H and O–H groups in total. The lowest BCUT2D eigenvalue weighted by molar-refractivity contribution is -0.274. The lowest BCUT2D eigenvalue weighted by atomic mass is 10.2. The van der Waals surface area contributed by atoms with Gasteiger partial charge < -0.3 is 15.0 Å². The van der Waals surface area contributed by atoms with Crippen LogP contribution in [0.5, 0.6) is 5.75 Å². The van der Waals surface area contributed by atoms with Gasteiger partial charge in [-0.25, -0.2) is 9.67 Å². The second kappa shape index (κ2) is 8.07. The highest BCUT2D eigenvalue weighted by atomic mass is 32.1. The fourth-order valence-corrected chi connectivity index (χ4v) is 3.95. The van der Waals surface area contributed by atoms with Crippen LogP contribution in [0.4, 0.5) is 13.2 Å². The summed E-state index contributed by atoms with van der Waals surface area (Å²) in [4.78, 5) is 18.9. The largest absolute Gasteiger partial charge is 0.573 e. The van der Waals surface area contributed by atoms with E-state index < -0.39 is 6.36 Å². The van der Waals surface area contributed by atoms with Crippen molar-refractivity contribution in [2.75, 3.05) is 19.6 Å². The summed E-state index contributed by atoms with van der Waals surface area (Å²) < 4.78 is 42.7. The van der Waals surface area contributed by atoms with Gasteiger partial charge in [0.2, 0.25) is 0 Å². The zero-order chi connectivity index (χ0) is 21.3. The van der Waals surface area contributed by atoms with Crippen LogP contribution in [0.1, 0.15) is 17.4 Å². The van der Waals surface area contributed by atoms with E-state index >= 15 is 0 Å². The van der Waals surface area contributed by atoms with Crippen molar-refractivity contribution in [3.63, 3.8) is 0 Å². The molecule has 1 aromatic carbocycles. The summed E-state index contributed by atoms with van der Waals surface area (Å²) in [6.07, 6.45) is -1.57. The quantitative estimate of drug-likeness (QED) is 0.678. The number of piperazine rings is 1. The summed E-state index contributed by atoms with van der Waals surface area (Å²) in [6, 6.07) is 5.76. The SMILES string of the molecule is C[C@H]1CN(C(=O)c2csc(-c3cnn(-c4cccc(OC(F)(F)F)c4)c3)n2)CCN1. The molecule has 7 nitrogen and oxygen atoms in total. The van der Waals surface area contributed by atoms with Crippen molar-refractivity contribution in [2.45, 2.75) is 19.3 Å². The number of rotatable bonds is 4. The molecule has 0 bridgehead atoms. The molecule has 30 heavy (non-hydrogen) atoms. The second-order valence-corrected chi connectivity index (χ2v) is 7.72. The molecular weight excluding hydrogens is 419 g/mol. The van der Waals surface area contributed by atoms with Crippen LogP contribution in [0.15, 0.2) is 42.0 Å². The lowest BCUT2D eigenvalue weighted by Crippen LogP contribution is -2.51. The van der Waals surface area contributed by atoms with Crippen molar-refractivity contribution in [1.82, 2.24) is 25.0 Å². The molecule has 158 valence electrons. The number of amides is 1. The van der Waals surface area contributed by atoms with Gasteiger partial charge in [-0.3, -0.25) is 4.79 Å². The summed E-state index contributed by atoms with van der Waals surface area (Å²) in [6.45, 7) is 4.02. The van der Waals surface area contributed by atoms with Crippen LogP contribution in [-0.4, -0.2) is 57.6 Å². The molecule has 0 saturated carbocycles. The van der Waals surface area contributed by atoms with Crippen LogP contribution >= 0.6 is 11.3 Å². The molecule has 0 radical (unpaired) electrons. The summed E-state index contributed by atoms with van der Waals surface area (Å²) in [5.41, 5.74) is 1.44. The molecule has 0 spiro atoms. The average molecular weight is 437 g/mol. The van der Waals surface area contributed by atoms with Crippen LogP contribution in [0.25, 0.3) is 16.3 Å². The predicted octanol–water partition coefficient (Wildman–Crippen LogP) is 3.33. The number of thiazole rings is 1. The van der Waals surface area contributed by atoms with Crippen molar-refractivity contribution in [3.05, 3.63) is 47.7 Å². The van der Waals surface area contributed by atoms with Gasteiger partial charge in [-0.1, -0.05) is 6.07 Å². The molecule has 0 unspecified atom stereocenters. The van der Waals surface area contributed by atoms with E-state index in [0.29, 0.717) is 35.0 Å². The first-order chi connectivity index (χ1) is 14.3. The monoisotopic (exact) mass is 437 g/mol. The number of carbonyl (C=O) groups is 1. The Morgan fingerprint density at radius 1 is 1.37 bits per heavy atom. The maximum Gasteiger partial charge on any atom is 0.573 e. The number of halogens is 3. The average Bonchev–Trinajstić information content (AvgIpc) is 3.36. The molecule has 11 heteroatoms. The van der Waals surface area contributed by atoms with E-state index in [2.05, 4.69) is 20.1 Å². The van der Waals surface area contributed by atoms with Crippen LogP contribution < -0.4 is 10.1 Å². The van der Waals surface area contributed by atoms with E-state index in [1.807, 2.05) is 6.92 Å². The zero-order valence-electron chi connectivity index (χ0n) is 15.9. The highest BCUT2D eigenvalue weighted by molar-refractivity contribution is 7.13. The number of ether oxygens (including phenoxy) is 1. The number of hydrogen-bond acceptors (Lipinski definition) is 6. The molecule has 0 aliphatic carbocycles. The molecule has 1 fully saturated rings. The molecule has 3 heterocycles. The molecular formula is C19H18F3N5O2S. The van der Waals surface area contributed by atoms with E-state index in [9.17, 15) is 18.0 Å². The zero-order valence-corrected chi connectivity index (χ0v) is 16.7. The van der Waals surface area contributed by atoms with Gasteiger partial charge in [-0.2, -0.15) is 5.10 Å². The van der Waals surface area contributed by atoms with Crippen LogP contribution in [0.3, 0.4) is 0 Å². The predicted molar refractivity (Wildman–Crippen MR) is 105 cm³/mol. The third kappa shape index (κ3) is 4.62. The van der Waals surface area contributed by atoms with Gasteiger partial charge in [0.1, 0.15) is 16.5 Å². The van der Waals surface area contributed by atoms with Gasteiger partial charge in [0.05, 0.1) is 11.9 Å². The summed E-state index contributed by atoms with van der Waals surface area (Å²) >= 11 is 1.31. The Hall–Kier alpha value is -2.92. The molecule has 1 amide bonds. The van der Waals surface area contributed by atoms with E-state index in [0.717, 1.165) is 6.54 Å². The Labute approximate surface area is 174 Å². The Bertz CT molecular complexity index is 1050. The summed E-state index contributed by atoms with van der Waals surface area (Å²) in [5.74, 6) is -0.445. The maximum atomic E-state index is 12.7. The van der Waals surface area contributed by atoms with Gasteiger partial charge >= 0.3 is 6.36 Å². The van der Waals surface area contributed by atoms with Crippen LogP contribution in [-0.2, 0) is 0 Å². The van der Waals surface area contributed by atoms with Crippen molar-refractivity contribution in [3.8, 4) is 22.0 Å². The maximum absolute atomic E-state index is 12.7.